The monoisotopic (exact) mass is 293 g/mol. The Hall–Kier alpha value is -0.940. The zero-order chi connectivity index (χ0) is 10.6. The van der Waals surface area contributed by atoms with Crippen LogP contribution < -0.4 is 16.2 Å². The highest BCUT2D eigenvalue weighted by Crippen LogP contribution is 2.23. The van der Waals surface area contributed by atoms with Gasteiger partial charge in [0.15, 0.2) is 5.96 Å². The molecule has 0 unspecified atom stereocenters. The normalized spacial score (nSPS) is 8.93. The van der Waals surface area contributed by atoms with Crippen molar-refractivity contribution in [3.63, 3.8) is 0 Å². The fraction of sp³-hybridized carbons (Fsp3) is 0.222. The highest BCUT2D eigenvalue weighted by Gasteiger charge is 2.02. The molecular formula is C9H13BrClN3O. The average Bonchev–Trinajstić information content (AvgIpc) is 2.15. The van der Waals surface area contributed by atoms with E-state index >= 15 is 0 Å². The molecule has 1 aromatic rings. The maximum Gasteiger partial charge on any atom is 0.186 e. The molecule has 0 amide bonds. The van der Waals surface area contributed by atoms with Crippen molar-refractivity contribution in [2.75, 3.05) is 7.11 Å². The maximum atomic E-state index is 5.25. The van der Waals surface area contributed by atoms with Crippen molar-refractivity contribution < 1.29 is 4.74 Å². The zero-order valence-corrected chi connectivity index (χ0v) is 10.6. The number of nitrogens with zero attached hydrogens (tertiary/aromatic N) is 1. The summed E-state index contributed by atoms with van der Waals surface area (Å²) in [5.41, 5.74) is 11.4. The number of halogens is 2. The van der Waals surface area contributed by atoms with Gasteiger partial charge in [0.1, 0.15) is 5.75 Å². The SMILES string of the molecule is COc1ccc(Br)cc1CN=C(N)N.Cl. The van der Waals surface area contributed by atoms with Crippen LogP contribution in [0.4, 0.5) is 0 Å². The summed E-state index contributed by atoms with van der Waals surface area (Å²) in [7, 11) is 1.61. The van der Waals surface area contributed by atoms with Gasteiger partial charge < -0.3 is 16.2 Å². The largest absolute Gasteiger partial charge is 0.496 e. The Morgan fingerprint density at radius 2 is 2.13 bits per heavy atom. The summed E-state index contributed by atoms with van der Waals surface area (Å²) >= 11 is 3.37. The Labute approximate surface area is 103 Å². The van der Waals surface area contributed by atoms with Gasteiger partial charge in [-0.25, -0.2) is 4.99 Å². The molecule has 0 heterocycles. The zero-order valence-electron chi connectivity index (χ0n) is 8.24. The van der Waals surface area contributed by atoms with E-state index in [1.807, 2.05) is 18.2 Å². The van der Waals surface area contributed by atoms with Crippen molar-refractivity contribution in [1.82, 2.24) is 0 Å². The number of hydrogen-bond donors (Lipinski definition) is 2. The molecule has 6 heteroatoms. The van der Waals surface area contributed by atoms with E-state index in [9.17, 15) is 0 Å². The van der Waals surface area contributed by atoms with Gasteiger partial charge in [-0.1, -0.05) is 15.9 Å². The number of guanidine groups is 1. The summed E-state index contributed by atoms with van der Waals surface area (Å²) in [5.74, 6) is 0.852. The summed E-state index contributed by atoms with van der Waals surface area (Å²) in [6, 6.07) is 5.69. The van der Waals surface area contributed by atoms with Gasteiger partial charge in [0.25, 0.3) is 0 Å². The molecule has 0 aromatic heterocycles. The third kappa shape index (κ3) is 4.40. The van der Waals surface area contributed by atoms with Crippen LogP contribution in [0, 0.1) is 0 Å². The predicted octanol–water partition coefficient (Wildman–Crippen LogP) is 1.65. The third-order valence-electron chi connectivity index (χ3n) is 1.67. The lowest BCUT2D eigenvalue weighted by Crippen LogP contribution is -2.22. The van der Waals surface area contributed by atoms with E-state index in [-0.39, 0.29) is 18.4 Å². The van der Waals surface area contributed by atoms with Crippen LogP contribution in [0.1, 0.15) is 5.56 Å². The minimum absolute atomic E-state index is 0. The summed E-state index contributed by atoms with van der Waals surface area (Å²) < 4.78 is 6.13. The molecule has 0 saturated heterocycles. The maximum absolute atomic E-state index is 5.25. The second-order valence-electron chi connectivity index (χ2n) is 2.70. The first-order chi connectivity index (χ1) is 6.63. The first kappa shape index (κ1) is 14.1. The Kier molecular flexibility index (Phi) is 6.12. The number of ether oxygens (including phenoxy) is 1. The molecule has 1 rings (SSSR count). The van der Waals surface area contributed by atoms with Gasteiger partial charge in [0.05, 0.1) is 13.7 Å². The molecule has 4 N–H and O–H groups in total. The highest BCUT2D eigenvalue weighted by molar-refractivity contribution is 9.10. The van der Waals surface area contributed by atoms with Crippen molar-refractivity contribution in [3.05, 3.63) is 28.2 Å². The minimum atomic E-state index is 0. The third-order valence-corrected chi connectivity index (χ3v) is 2.17. The summed E-state index contributed by atoms with van der Waals surface area (Å²) in [6.07, 6.45) is 0. The Morgan fingerprint density at radius 3 is 2.67 bits per heavy atom. The van der Waals surface area contributed by atoms with Gasteiger partial charge in [-0.3, -0.25) is 0 Å². The molecule has 0 radical (unpaired) electrons. The van der Waals surface area contributed by atoms with Gasteiger partial charge >= 0.3 is 0 Å². The first-order valence-corrected chi connectivity index (χ1v) is 4.80. The van der Waals surface area contributed by atoms with Crippen LogP contribution in [0.15, 0.2) is 27.7 Å². The fourth-order valence-corrected chi connectivity index (χ4v) is 1.46. The number of hydrogen-bond acceptors (Lipinski definition) is 2. The van der Waals surface area contributed by atoms with Gasteiger partial charge in [0, 0.05) is 10.0 Å². The Morgan fingerprint density at radius 1 is 1.47 bits per heavy atom. The van der Waals surface area contributed by atoms with Crippen molar-refractivity contribution in [2.45, 2.75) is 6.54 Å². The molecule has 0 saturated carbocycles. The molecule has 4 nitrogen and oxygen atoms in total. The van der Waals surface area contributed by atoms with Crippen LogP contribution in [0.25, 0.3) is 0 Å². The minimum Gasteiger partial charge on any atom is -0.496 e. The van der Waals surface area contributed by atoms with E-state index in [4.69, 9.17) is 16.2 Å². The van der Waals surface area contributed by atoms with Crippen LogP contribution in [-0.4, -0.2) is 13.1 Å². The molecule has 84 valence electrons. The molecule has 0 fully saturated rings. The van der Waals surface area contributed by atoms with Gasteiger partial charge in [0.2, 0.25) is 0 Å². The molecule has 0 aliphatic heterocycles. The number of rotatable bonds is 3. The lowest BCUT2D eigenvalue weighted by Gasteiger charge is -2.06. The quantitative estimate of drug-likeness (QED) is 0.657. The van der Waals surface area contributed by atoms with E-state index in [1.54, 1.807) is 7.11 Å². The molecule has 0 aliphatic rings. The lowest BCUT2D eigenvalue weighted by atomic mass is 10.2. The number of benzene rings is 1. The average molecular weight is 295 g/mol. The second-order valence-corrected chi connectivity index (χ2v) is 3.61. The van der Waals surface area contributed by atoms with Crippen LogP contribution in [0.3, 0.4) is 0 Å². The van der Waals surface area contributed by atoms with E-state index in [0.29, 0.717) is 6.54 Å². The molecule has 15 heavy (non-hydrogen) atoms. The topological polar surface area (TPSA) is 73.6 Å². The summed E-state index contributed by atoms with van der Waals surface area (Å²) in [6.45, 7) is 0.422. The lowest BCUT2D eigenvalue weighted by molar-refractivity contribution is 0.410. The highest BCUT2D eigenvalue weighted by atomic mass is 79.9. The van der Waals surface area contributed by atoms with E-state index in [0.717, 1.165) is 15.8 Å². The fourth-order valence-electron chi connectivity index (χ4n) is 1.05. The number of methoxy groups -OCH3 is 1. The molecular weight excluding hydrogens is 281 g/mol. The number of aliphatic imine (C=N–C) groups is 1. The van der Waals surface area contributed by atoms with Crippen LogP contribution in [-0.2, 0) is 6.54 Å². The number of nitrogens with two attached hydrogens (primary N) is 2. The summed E-state index contributed by atoms with van der Waals surface area (Å²) in [4.78, 5) is 3.92. The smallest absolute Gasteiger partial charge is 0.186 e. The first-order valence-electron chi connectivity index (χ1n) is 4.01. The van der Waals surface area contributed by atoms with Crippen LogP contribution in [0.5, 0.6) is 5.75 Å². The predicted molar refractivity (Wildman–Crippen MR) is 67.5 cm³/mol. The molecule has 0 atom stereocenters. The van der Waals surface area contributed by atoms with Gasteiger partial charge in [-0.15, -0.1) is 12.4 Å². The van der Waals surface area contributed by atoms with Crippen molar-refractivity contribution in [1.29, 1.82) is 0 Å². The van der Waals surface area contributed by atoms with Crippen molar-refractivity contribution in [3.8, 4) is 5.75 Å². The van der Waals surface area contributed by atoms with Gasteiger partial charge in [-0.05, 0) is 18.2 Å². The molecule has 1 aromatic carbocycles. The van der Waals surface area contributed by atoms with Crippen molar-refractivity contribution in [2.24, 2.45) is 16.5 Å². The van der Waals surface area contributed by atoms with Crippen LogP contribution >= 0.6 is 28.3 Å². The second kappa shape index (κ2) is 6.53. The molecule has 0 aliphatic carbocycles. The van der Waals surface area contributed by atoms with E-state index in [1.165, 1.54) is 0 Å². The molecule has 0 spiro atoms. The van der Waals surface area contributed by atoms with Crippen molar-refractivity contribution >= 4 is 34.3 Å². The van der Waals surface area contributed by atoms with E-state index in [2.05, 4.69) is 20.9 Å². The summed E-state index contributed by atoms with van der Waals surface area (Å²) in [5, 5.41) is 0. The Balaban J connectivity index is 0.00000196. The van der Waals surface area contributed by atoms with E-state index < -0.39 is 0 Å². The van der Waals surface area contributed by atoms with Crippen LogP contribution in [0.2, 0.25) is 0 Å². The standard InChI is InChI=1S/C9H12BrN3O.ClH/c1-14-8-3-2-7(10)4-6(8)5-13-9(11)12;/h2-4H,5H2,1H3,(H4,11,12,13);1H. The molecule has 0 bridgehead atoms. The Bertz CT molecular complexity index is 353. The van der Waals surface area contributed by atoms with Gasteiger partial charge in [-0.2, -0.15) is 0 Å².